The third kappa shape index (κ3) is 5.99. The van der Waals surface area contributed by atoms with Crippen molar-refractivity contribution in [1.29, 1.82) is 0 Å². The highest BCUT2D eigenvalue weighted by molar-refractivity contribution is 7.21. The van der Waals surface area contributed by atoms with Crippen LogP contribution in [0, 0.1) is 22.9 Å². The third-order valence-corrected chi connectivity index (χ3v) is 7.22. The van der Waals surface area contributed by atoms with Gasteiger partial charge < -0.3 is 15.8 Å². The van der Waals surface area contributed by atoms with Crippen molar-refractivity contribution in [2.75, 3.05) is 5.32 Å². The number of primary amides is 1. The summed E-state index contributed by atoms with van der Waals surface area (Å²) >= 11 is 0.596. The molecule has 43 heavy (non-hydrogen) atoms. The lowest BCUT2D eigenvalue weighted by atomic mass is 10.00. The van der Waals surface area contributed by atoms with E-state index in [1.807, 2.05) is 0 Å². The number of ether oxygens (including phenoxy) is 1. The predicted octanol–water partition coefficient (Wildman–Crippen LogP) is 5.92. The molecule has 11 nitrogen and oxygen atoms in total. The van der Waals surface area contributed by atoms with Crippen LogP contribution in [-0.4, -0.2) is 31.5 Å². The number of nitrogens with zero attached hydrogens (tertiary/aromatic N) is 4. The number of hydrogen-bond donors (Lipinski definition) is 2. The number of aromatic nitrogens is 3. The van der Waals surface area contributed by atoms with Crippen LogP contribution in [0.15, 0.2) is 60.8 Å². The molecule has 0 fully saturated rings. The topological polar surface area (TPSA) is 155 Å². The van der Waals surface area contributed by atoms with Crippen LogP contribution in [0.25, 0.3) is 21.3 Å². The molecule has 0 spiro atoms. The van der Waals surface area contributed by atoms with Crippen molar-refractivity contribution in [2.24, 2.45) is 5.73 Å². The molecule has 0 saturated carbocycles. The van der Waals surface area contributed by atoms with Gasteiger partial charge in [0.2, 0.25) is 5.75 Å². The average molecular weight is 615 g/mol. The summed E-state index contributed by atoms with van der Waals surface area (Å²) in [6, 6.07) is 11.3. The van der Waals surface area contributed by atoms with Crippen molar-refractivity contribution in [1.82, 2.24) is 14.8 Å². The Hall–Kier alpha value is -5.38. The third-order valence-electron chi connectivity index (χ3n) is 6.12. The van der Waals surface area contributed by atoms with E-state index in [2.05, 4.69) is 15.4 Å². The standard InChI is InChI=1S/C27H18F4N6O5S/c1-13-2-4-14(5-3-13)16-11-20(27(29,30)31)33-26-21(16)22(23(43-26)24(32)38)34-25(39)17-8-9-36(35-17)12-42-19-10-15(28)6-7-18(19)37(40)41/h2-11H,12H2,1H3,(H2,32,38)(H,34,39). The summed E-state index contributed by atoms with van der Waals surface area (Å²) in [6.07, 6.45) is -3.50. The molecule has 0 bridgehead atoms. The first-order valence-corrected chi connectivity index (χ1v) is 13.0. The molecule has 0 atom stereocenters. The Labute approximate surface area is 242 Å². The quantitative estimate of drug-likeness (QED) is 0.125. The van der Waals surface area contributed by atoms with Gasteiger partial charge in [-0.25, -0.2) is 14.1 Å². The van der Waals surface area contributed by atoms with Gasteiger partial charge in [-0.3, -0.25) is 19.7 Å². The van der Waals surface area contributed by atoms with Gasteiger partial charge in [-0.15, -0.1) is 11.3 Å². The number of nitrogens with two attached hydrogens (primary N) is 1. The van der Waals surface area contributed by atoms with E-state index in [0.717, 1.165) is 34.5 Å². The van der Waals surface area contributed by atoms with Crippen LogP contribution in [0.4, 0.5) is 28.9 Å². The molecule has 220 valence electrons. The number of nitro benzene ring substituents is 1. The van der Waals surface area contributed by atoms with Gasteiger partial charge in [0.25, 0.3) is 11.8 Å². The summed E-state index contributed by atoms with van der Waals surface area (Å²) in [7, 11) is 0. The molecule has 16 heteroatoms. The van der Waals surface area contributed by atoms with E-state index in [-0.39, 0.29) is 37.8 Å². The number of alkyl halides is 3. The fourth-order valence-electron chi connectivity index (χ4n) is 4.12. The summed E-state index contributed by atoms with van der Waals surface area (Å²) in [5, 5.41) is 17.8. The fraction of sp³-hybridized carbons (Fsp3) is 0.111. The summed E-state index contributed by atoms with van der Waals surface area (Å²) in [5.74, 6) is -2.99. The zero-order valence-electron chi connectivity index (χ0n) is 21.8. The van der Waals surface area contributed by atoms with E-state index < -0.39 is 46.8 Å². The number of carbonyl (C=O) groups excluding carboxylic acids is 2. The van der Waals surface area contributed by atoms with Crippen molar-refractivity contribution < 1.29 is 36.8 Å². The van der Waals surface area contributed by atoms with Gasteiger partial charge >= 0.3 is 11.9 Å². The highest BCUT2D eigenvalue weighted by atomic mass is 32.1. The maximum absolute atomic E-state index is 13.7. The molecule has 2 amide bonds. The van der Waals surface area contributed by atoms with Crippen LogP contribution in [0.5, 0.6) is 5.75 Å². The van der Waals surface area contributed by atoms with E-state index in [4.69, 9.17) is 10.5 Å². The molecule has 5 aromatic rings. The molecule has 0 radical (unpaired) electrons. The Bertz CT molecular complexity index is 1900. The van der Waals surface area contributed by atoms with Gasteiger partial charge in [0, 0.05) is 23.7 Å². The van der Waals surface area contributed by atoms with Crippen LogP contribution in [0.3, 0.4) is 0 Å². The second-order valence-corrected chi connectivity index (χ2v) is 10.1. The minimum absolute atomic E-state index is 0.0620. The number of halogens is 4. The minimum Gasteiger partial charge on any atom is -0.464 e. The lowest BCUT2D eigenvalue weighted by Gasteiger charge is -2.12. The molecule has 0 aliphatic heterocycles. The van der Waals surface area contributed by atoms with Crippen molar-refractivity contribution >= 4 is 44.7 Å². The lowest BCUT2D eigenvalue weighted by Crippen LogP contribution is -2.18. The van der Waals surface area contributed by atoms with Crippen LogP contribution in [0.2, 0.25) is 0 Å². The second-order valence-electron chi connectivity index (χ2n) is 9.11. The first-order chi connectivity index (χ1) is 20.3. The highest BCUT2D eigenvalue weighted by Gasteiger charge is 2.35. The zero-order valence-corrected chi connectivity index (χ0v) is 22.6. The smallest absolute Gasteiger partial charge is 0.433 e. The molecule has 3 N–H and O–H groups in total. The first-order valence-electron chi connectivity index (χ1n) is 12.1. The van der Waals surface area contributed by atoms with Gasteiger partial charge in [0.1, 0.15) is 21.2 Å². The number of rotatable bonds is 8. The van der Waals surface area contributed by atoms with E-state index in [0.29, 0.717) is 16.9 Å². The molecule has 2 aromatic carbocycles. The van der Waals surface area contributed by atoms with Gasteiger partial charge in [-0.2, -0.15) is 18.3 Å². The number of anilines is 1. The second kappa shape index (κ2) is 11.1. The number of aryl methyl sites for hydroxylation is 1. The summed E-state index contributed by atoms with van der Waals surface area (Å²) in [6.45, 7) is 1.37. The van der Waals surface area contributed by atoms with Crippen LogP contribution < -0.4 is 15.8 Å². The number of benzene rings is 2. The Morgan fingerprint density at radius 2 is 1.86 bits per heavy atom. The molecule has 0 aliphatic carbocycles. The van der Waals surface area contributed by atoms with Crippen LogP contribution in [-0.2, 0) is 12.9 Å². The molecule has 5 rings (SSSR count). The highest BCUT2D eigenvalue weighted by Crippen LogP contribution is 2.43. The number of nitro groups is 1. The monoisotopic (exact) mass is 614 g/mol. The van der Waals surface area contributed by atoms with Gasteiger partial charge in [-0.1, -0.05) is 29.8 Å². The maximum Gasteiger partial charge on any atom is 0.433 e. The summed E-state index contributed by atoms with van der Waals surface area (Å²) in [5.41, 5.74) is 4.80. The average Bonchev–Trinajstić information content (AvgIpc) is 3.56. The normalized spacial score (nSPS) is 11.5. The number of amides is 2. The summed E-state index contributed by atoms with van der Waals surface area (Å²) in [4.78, 5) is 39.3. The Kier molecular flexibility index (Phi) is 7.54. The minimum atomic E-state index is -4.80. The number of nitrogens with one attached hydrogen (secondary N) is 1. The predicted molar refractivity (Wildman–Crippen MR) is 147 cm³/mol. The number of carbonyl (C=O) groups is 2. The number of hydrogen-bond acceptors (Lipinski definition) is 8. The Morgan fingerprint density at radius 3 is 2.51 bits per heavy atom. The van der Waals surface area contributed by atoms with Gasteiger partial charge in [0.15, 0.2) is 12.4 Å². The first kappa shape index (κ1) is 29.1. The zero-order chi connectivity index (χ0) is 31.1. The molecule has 0 saturated heterocycles. The molecular weight excluding hydrogens is 596 g/mol. The number of fused-ring (bicyclic) bond motifs is 1. The molecule has 0 unspecified atom stereocenters. The summed E-state index contributed by atoms with van der Waals surface area (Å²) < 4.78 is 61.2. The molecular formula is C27H18F4N6O5S. The van der Waals surface area contributed by atoms with E-state index in [1.165, 1.54) is 12.3 Å². The molecule has 3 aromatic heterocycles. The largest absolute Gasteiger partial charge is 0.464 e. The SMILES string of the molecule is Cc1ccc(-c2cc(C(F)(F)F)nc3sc(C(N)=O)c(NC(=O)c4ccn(COc5cc(F)ccc5[N+](=O)[O-])n4)c23)cc1. The lowest BCUT2D eigenvalue weighted by molar-refractivity contribution is -0.386. The van der Waals surface area contributed by atoms with Gasteiger partial charge in [0.05, 0.1) is 10.6 Å². The van der Waals surface area contributed by atoms with Crippen molar-refractivity contribution in [2.45, 2.75) is 19.8 Å². The molecule has 3 heterocycles. The fourth-order valence-corrected chi connectivity index (χ4v) is 5.13. The Balaban J connectivity index is 1.50. The maximum atomic E-state index is 13.7. The van der Waals surface area contributed by atoms with Crippen molar-refractivity contribution in [3.63, 3.8) is 0 Å². The molecule has 0 aliphatic rings. The van der Waals surface area contributed by atoms with Crippen molar-refractivity contribution in [3.05, 3.63) is 98.6 Å². The van der Waals surface area contributed by atoms with E-state index in [1.54, 1.807) is 31.2 Å². The number of pyridine rings is 1. The van der Waals surface area contributed by atoms with Gasteiger partial charge in [-0.05, 0) is 36.2 Å². The van der Waals surface area contributed by atoms with Crippen molar-refractivity contribution in [3.8, 4) is 16.9 Å². The van der Waals surface area contributed by atoms with Crippen LogP contribution >= 0.6 is 11.3 Å². The number of thiophene rings is 1. The van der Waals surface area contributed by atoms with E-state index in [9.17, 15) is 37.3 Å². The Morgan fingerprint density at radius 1 is 1.14 bits per heavy atom. The van der Waals surface area contributed by atoms with Crippen LogP contribution in [0.1, 0.15) is 31.4 Å². The van der Waals surface area contributed by atoms with E-state index >= 15 is 0 Å².